The lowest BCUT2D eigenvalue weighted by Gasteiger charge is -2.11. The molecule has 132 valence electrons. The number of benzene rings is 2. The van der Waals surface area contributed by atoms with Gasteiger partial charge in [-0.25, -0.2) is 0 Å². The first-order valence-electron chi connectivity index (χ1n) is 8.16. The van der Waals surface area contributed by atoms with E-state index in [0.717, 1.165) is 22.2 Å². The number of rotatable bonds is 4. The van der Waals surface area contributed by atoms with Gasteiger partial charge in [-0.05, 0) is 25.1 Å². The number of hydrogen-bond donors (Lipinski definition) is 2. The third kappa shape index (κ3) is 3.80. The number of nitrogens with one attached hydrogen (secondary N) is 2. The molecule has 0 saturated heterocycles. The van der Waals surface area contributed by atoms with Crippen LogP contribution in [0.3, 0.4) is 0 Å². The lowest BCUT2D eigenvalue weighted by molar-refractivity contribution is -0.136. The third-order valence-electron chi connectivity index (χ3n) is 3.93. The molecule has 0 atom stereocenters. The number of aryl methyl sites for hydroxylation is 1. The number of aromatic nitrogens is 1. The van der Waals surface area contributed by atoms with E-state index >= 15 is 0 Å². The molecule has 0 aliphatic carbocycles. The van der Waals surface area contributed by atoms with E-state index in [1.165, 1.54) is 0 Å². The van der Waals surface area contributed by atoms with Crippen LogP contribution in [0.15, 0.2) is 54.6 Å². The first kappa shape index (κ1) is 17.4. The van der Waals surface area contributed by atoms with Crippen LogP contribution in [0.25, 0.3) is 10.9 Å². The minimum absolute atomic E-state index is 0.201. The summed E-state index contributed by atoms with van der Waals surface area (Å²) in [5.41, 5.74) is 2.87. The molecule has 0 radical (unpaired) electrons. The van der Waals surface area contributed by atoms with Crippen LogP contribution in [-0.2, 0) is 16.1 Å². The highest BCUT2D eigenvalue weighted by molar-refractivity contribution is 6.40. The Morgan fingerprint density at radius 3 is 2.58 bits per heavy atom. The number of para-hydroxylation sites is 2. The Kier molecular flexibility index (Phi) is 5.12. The molecular formula is C20H19N3O3. The SMILES string of the molecule is COc1ccccc1CNC(=O)C(=O)Nc1cc(C)nc2ccccc12. The van der Waals surface area contributed by atoms with Crippen LogP contribution >= 0.6 is 0 Å². The van der Waals surface area contributed by atoms with Crippen molar-refractivity contribution in [3.8, 4) is 5.75 Å². The molecule has 3 rings (SSSR count). The van der Waals surface area contributed by atoms with Gasteiger partial charge in [-0.1, -0.05) is 36.4 Å². The van der Waals surface area contributed by atoms with Crippen molar-refractivity contribution < 1.29 is 14.3 Å². The van der Waals surface area contributed by atoms with E-state index in [4.69, 9.17) is 4.74 Å². The van der Waals surface area contributed by atoms with E-state index in [9.17, 15) is 9.59 Å². The molecule has 0 aliphatic rings. The van der Waals surface area contributed by atoms with Crippen molar-refractivity contribution in [2.24, 2.45) is 0 Å². The van der Waals surface area contributed by atoms with Gasteiger partial charge in [0, 0.05) is 23.2 Å². The second-order valence-corrected chi connectivity index (χ2v) is 5.78. The van der Waals surface area contributed by atoms with Gasteiger partial charge in [-0.3, -0.25) is 14.6 Å². The molecule has 1 aromatic heterocycles. The van der Waals surface area contributed by atoms with E-state index in [1.54, 1.807) is 19.2 Å². The number of ether oxygens (including phenoxy) is 1. The van der Waals surface area contributed by atoms with Gasteiger partial charge in [0.2, 0.25) is 0 Å². The van der Waals surface area contributed by atoms with Gasteiger partial charge in [0.15, 0.2) is 0 Å². The largest absolute Gasteiger partial charge is 0.496 e. The fourth-order valence-electron chi connectivity index (χ4n) is 2.70. The number of hydrogen-bond acceptors (Lipinski definition) is 4. The highest BCUT2D eigenvalue weighted by Gasteiger charge is 2.16. The van der Waals surface area contributed by atoms with Gasteiger partial charge in [0.1, 0.15) is 5.75 Å². The number of carbonyl (C=O) groups excluding carboxylic acids is 2. The minimum atomic E-state index is -0.726. The van der Waals surface area contributed by atoms with Crippen molar-refractivity contribution in [3.05, 3.63) is 65.9 Å². The molecule has 0 fully saturated rings. The molecule has 6 heteroatoms. The van der Waals surface area contributed by atoms with Crippen LogP contribution < -0.4 is 15.4 Å². The monoisotopic (exact) mass is 349 g/mol. The number of fused-ring (bicyclic) bond motifs is 1. The Morgan fingerprint density at radius 1 is 1.04 bits per heavy atom. The average molecular weight is 349 g/mol. The zero-order chi connectivity index (χ0) is 18.5. The van der Waals surface area contributed by atoms with Crippen molar-refractivity contribution in [1.82, 2.24) is 10.3 Å². The Hall–Kier alpha value is -3.41. The highest BCUT2D eigenvalue weighted by Crippen LogP contribution is 2.23. The fraction of sp³-hybridized carbons (Fsp3) is 0.150. The van der Waals surface area contributed by atoms with E-state index in [-0.39, 0.29) is 6.54 Å². The number of carbonyl (C=O) groups is 2. The third-order valence-corrected chi connectivity index (χ3v) is 3.93. The Labute approximate surface area is 151 Å². The lowest BCUT2D eigenvalue weighted by Crippen LogP contribution is -2.35. The standard InChI is InChI=1S/C20H19N3O3/c1-13-11-17(15-8-4-5-9-16(15)22-13)23-20(25)19(24)21-12-14-7-3-6-10-18(14)26-2/h3-11H,12H2,1-2H3,(H,21,24)(H,22,23,25). The van der Waals surface area contributed by atoms with Crippen LogP contribution in [0, 0.1) is 6.92 Å². The maximum atomic E-state index is 12.3. The van der Waals surface area contributed by atoms with E-state index in [1.807, 2.05) is 49.4 Å². The number of nitrogens with zero attached hydrogens (tertiary/aromatic N) is 1. The summed E-state index contributed by atoms with van der Waals surface area (Å²) >= 11 is 0. The van der Waals surface area contributed by atoms with Gasteiger partial charge in [-0.2, -0.15) is 0 Å². The summed E-state index contributed by atoms with van der Waals surface area (Å²) in [5.74, 6) is -0.783. The fourth-order valence-corrected chi connectivity index (χ4v) is 2.70. The molecule has 1 heterocycles. The molecule has 6 nitrogen and oxygen atoms in total. The van der Waals surface area contributed by atoms with Crippen LogP contribution in [0.2, 0.25) is 0 Å². The van der Waals surface area contributed by atoms with Crippen molar-refractivity contribution in [1.29, 1.82) is 0 Å². The Morgan fingerprint density at radius 2 is 1.77 bits per heavy atom. The van der Waals surface area contributed by atoms with Crippen molar-refractivity contribution >= 4 is 28.4 Å². The molecule has 2 amide bonds. The molecular weight excluding hydrogens is 330 g/mol. The quantitative estimate of drug-likeness (QED) is 0.710. The number of methoxy groups -OCH3 is 1. The molecule has 0 unspecified atom stereocenters. The summed E-state index contributed by atoms with van der Waals surface area (Å²) in [6.07, 6.45) is 0. The van der Waals surface area contributed by atoms with E-state index in [2.05, 4.69) is 15.6 Å². The van der Waals surface area contributed by atoms with Gasteiger partial charge < -0.3 is 15.4 Å². The van der Waals surface area contributed by atoms with Crippen LogP contribution in [0.4, 0.5) is 5.69 Å². The molecule has 0 spiro atoms. The van der Waals surface area contributed by atoms with E-state index in [0.29, 0.717) is 11.4 Å². The zero-order valence-electron chi connectivity index (χ0n) is 14.6. The predicted molar refractivity (Wildman–Crippen MR) is 100.0 cm³/mol. The number of anilines is 1. The van der Waals surface area contributed by atoms with Crippen LogP contribution in [0.1, 0.15) is 11.3 Å². The summed E-state index contributed by atoms with van der Waals surface area (Å²) in [4.78, 5) is 28.8. The summed E-state index contributed by atoms with van der Waals surface area (Å²) in [6, 6.07) is 16.5. The topological polar surface area (TPSA) is 80.3 Å². The summed E-state index contributed by atoms with van der Waals surface area (Å²) in [7, 11) is 1.56. The molecule has 26 heavy (non-hydrogen) atoms. The van der Waals surface area contributed by atoms with Gasteiger partial charge in [0.25, 0.3) is 0 Å². The Balaban J connectivity index is 1.71. The lowest BCUT2D eigenvalue weighted by atomic mass is 10.1. The predicted octanol–water partition coefficient (Wildman–Crippen LogP) is 2.81. The second-order valence-electron chi connectivity index (χ2n) is 5.78. The van der Waals surface area contributed by atoms with Crippen molar-refractivity contribution in [2.75, 3.05) is 12.4 Å². The molecule has 3 aromatic rings. The number of amides is 2. The van der Waals surface area contributed by atoms with Crippen LogP contribution in [-0.4, -0.2) is 23.9 Å². The number of pyridine rings is 1. The molecule has 2 aromatic carbocycles. The maximum Gasteiger partial charge on any atom is 0.313 e. The maximum absolute atomic E-state index is 12.3. The summed E-state index contributed by atoms with van der Waals surface area (Å²) in [5, 5.41) is 6.06. The smallest absolute Gasteiger partial charge is 0.313 e. The zero-order valence-corrected chi connectivity index (χ0v) is 14.6. The van der Waals surface area contributed by atoms with Gasteiger partial charge >= 0.3 is 11.8 Å². The Bertz CT molecular complexity index is 969. The van der Waals surface area contributed by atoms with Crippen molar-refractivity contribution in [2.45, 2.75) is 13.5 Å². The first-order chi connectivity index (χ1) is 12.6. The average Bonchev–Trinajstić information content (AvgIpc) is 2.66. The van der Waals surface area contributed by atoms with Gasteiger partial charge in [0.05, 0.1) is 18.3 Å². The molecule has 0 saturated carbocycles. The minimum Gasteiger partial charge on any atom is -0.496 e. The van der Waals surface area contributed by atoms with Gasteiger partial charge in [-0.15, -0.1) is 0 Å². The summed E-state index contributed by atoms with van der Waals surface area (Å²) < 4.78 is 5.24. The van der Waals surface area contributed by atoms with Crippen LogP contribution in [0.5, 0.6) is 5.75 Å². The second kappa shape index (κ2) is 7.65. The first-order valence-corrected chi connectivity index (χ1v) is 8.16. The van der Waals surface area contributed by atoms with Crippen molar-refractivity contribution in [3.63, 3.8) is 0 Å². The highest BCUT2D eigenvalue weighted by atomic mass is 16.5. The molecule has 0 bridgehead atoms. The van der Waals surface area contributed by atoms with E-state index < -0.39 is 11.8 Å². The summed E-state index contributed by atoms with van der Waals surface area (Å²) in [6.45, 7) is 2.04. The molecule has 0 aliphatic heterocycles. The normalized spacial score (nSPS) is 10.4. The molecule has 2 N–H and O–H groups in total.